The van der Waals surface area contributed by atoms with Crippen molar-refractivity contribution in [3.05, 3.63) is 0 Å². The standard InChI is InChI=1S/C10H20O.Ge/c1-7(2)9-5-4-8(3)6-10(9)11;/h7-11H,4-6H2,1-3H3;/q;+4. The molecule has 0 saturated heterocycles. The fourth-order valence-corrected chi connectivity index (χ4v) is 2.15. The molecule has 0 radical (unpaired) electrons. The van der Waals surface area contributed by atoms with Crippen LogP contribution in [0.15, 0.2) is 0 Å². The molecule has 1 aliphatic carbocycles. The first-order valence-corrected chi connectivity index (χ1v) is 4.79. The van der Waals surface area contributed by atoms with Crippen molar-refractivity contribution in [3.8, 4) is 0 Å². The molecule has 0 amide bonds. The smallest absolute Gasteiger partial charge is 0.393 e. The maximum atomic E-state index is 9.71. The molecule has 12 heavy (non-hydrogen) atoms. The van der Waals surface area contributed by atoms with Gasteiger partial charge in [0.05, 0.1) is 6.10 Å². The average Bonchev–Trinajstić information content (AvgIpc) is 1.85. The molecule has 1 rings (SSSR count). The minimum absolute atomic E-state index is 0. The molecule has 1 N–H and O–H groups in total. The van der Waals surface area contributed by atoms with Gasteiger partial charge in [-0.15, -0.1) is 0 Å². The number of hydrogen-bond acceptors (Lipinski definition) is 1. The molecule has 0 spiro atoms. The predicted molar refractivity (Wildman–Crippen MR) is 53.1 cm³/mol. The van der Waals surface area contributed by atoms with Crippen LogP contribution in [0.1, 0.15) is 40.0 Å². The van der Waals surface area contributed by atoms with Crippen molar-refractivity contribution < 1.29 is 5.11 Å². The monoisotopic (exact) mass is 230 g/mol. The largest absolute Gasteiger partial charge is 4.00 e. The zero-order valence-electron chi connectivity index (χ0n) is 8.38. The molecule has 3 atom stereocenters. The van der Waals surface area contributed by atoms with E-state index in [0.29, 0.717) is 11.8 Å². The Morgan fingerprint density at radius 1 is 1.25 bits per heavy atom. The second kappa shape index (κ2) is 5.28. The maximum absolute atomic E-state index is 9.71. The van der Waals surface area contributed by atoms with Crippen LogP contribution < -0.4 is 0 Å². The first-order valence-electron chi connectivity index (χ1n) is 4.79. The van der Waals surface area contributed by atoms with E-state index in [-0.39, 0.29) is 23.7 Å². The van der Waals surface area contributed by atoms with E-state index >= 15 is 0 Å². The van der Waals surface area contributed by atoms with Gasteiger partial charge >= 0.3 is 17.6 Å². The van der Waals surface area contributed by atoms with Crippen LogP contribution in [0.25, 0.3) is 0 Å². The molecule has 0 aliphatic heterocycles. The van der Waals surface area contributed by atoms with E-state index < -0.39 is 0 Å². The summed E-state index contributed by atoms with van der Waals surface area (Å²) in [7, 11) is 0. The summed E-state index contributed by atoms with van der Waals surface area (Å²) in [5.74, 6) is 1.95. The van der Waals surface area contributed by atoms with Gasteiger partial charge in [0.1, 0.15) is 0 Å². The zero-order chi connectivity index (χ0) is 8.43. The predicted octanol–water partition coefficient (Wildman–Crippen LogP) is 2.06. The number of rotatable bonds is 1. The Labute approximate surface area is 86.9 Å². The van der Waals surface area contributed by atoms with Crippen LogP contribution in [0.2, 0.25) is 0 Å². The molecule has 1 nitrogen and oxygen atoms in total. The first-order chi connectivity index (χ1) is 5.11. The third kappa shape index (κ3) is 3.10. The Bertz CT molecular complexity index is 125. The molecular weight excluding hydrogens is 209 g/mol. The van der Waals surface area contributed by atoms with Gasteiger partial charge in [0.25, 0.3) is 0 Å². The van der Waals surface area contributed by atoms with Gasteiger partial charge in [-0.3, -0.25) is 0 Å². The van der Waals surface area contributed by atoms with Crippen LogP contribution in [0, 0.1) is 17.8 Å². The molecule has 66 valence electrons. The van der Waals surface area contributed by atoms with E-state index in [2.05, 4.69) is 20.8 Å². The maximum Gasteiger partial charge on any atom is 4.00 e. The van der Waals surface area contributed by atoms with Crippen LogP contribution in [0.4, 0.5) is 0 Å². The van der Waals surface area contributed by atoms with Crippen molar-refractivity contribution in [1.82, 2.24) is 0 Å². The van der Waals surface area contributed by atoms with E-state index in [4.69, 9.17) is 0 Å². The Morgan fingerprint density at radius 2 is 1.83 bits per heavy atom. The fraction of sp³-hybridized carbons (Fsp3) is 1.00. The van der Waals surface area contributed by atoms with Gasteiger partial charge in [0.2, 0.25) is 0 Å². The second-order valence-corrected chi connectivity index (χ2v) is 4.39. The van der Waals surface area contributed by atoms with Gasteiger partial charge in [-0.2, -0.15) is 0 Å². The first kappa shape index (κ1) is 12.5. The minimum Gasteiger partial charge on any atom is -0.393 e. The van der Waals surface area contributed by atoms with Gasteiger partial charge < -0.3 is 5.11 Å². The average molecular weight is 229 g/mol. The van der Waals surface area contributed by atoms with Crippen LogP contribution >= 0.6 is 0 Å². The Kier molecular flexibility index (Phi) is 5.50. The molecular formula is C10H20GeO+4. The molecule has 3 unspecified atom stereocenters. The van der Waals surface area contributed by atoms with Crippen LogP contribution in [0.3, 0.4) is 0 Å². The second-order valence-electron chi connectivity index (χ2n) is 4.39. The van der Waals surface area contributed by atoms with Crippen LogP contribution in [-0.2, 0) is 0 Å². The SMILES string of the molecule is CC1CCC(C(C)C)C(O)C1.[Ge+4]. The summed E-state index contributed by atoms with van der Waals surface area (Å²) in [5.41, 5.74) is 0. The summed E-state index contributed by atoms with van der Waals surface area (Å²) in [4.78, 5) is 0. The third-order valence-corrected chi connectivity index (χ3v) is 2.99. The Hall–Kier alpha value is 0.503. The molecule has 1 fully saturated rings. The van der Waals surface area contributed by atoms with Crippen molar-refractivity contribution in [3.63, 3.8) is 0 Å². The summed E-state index contributed by atoms with van der Waals surface area (Å²) < 4.78 is 0. The molecule has 1 aliphatic rings. The van der Waals surface area contributed by atoms with Gasteiger partial charge in [-0.05, 0) is 30.6 Å². The van der Waals surface area contributed by atoms with E-state index in [9.17, 15) is 5.11 Å². The number of aliphatic hydroxyl groups excluding tert-OH is 1. The quantitative estimate of drug-likeness (QED) is 0.682. The molecule has 0 bridgehead atoms. The number of hydrogen-bond donors (Lipinski definition) is 1. The van der Waals surface area contributed by atoms with E-state index in [0.717, 1.165) is 12.3 Å². The molecule has 0 aromatic carbocycles. The van der Waals surface area contributed by atoms with E-state index in [1.165, 1.54) is 12.8 Å². The van der Waals surface area contributed by atoms with Gasteiger partial charge in [0.15, 0.2) is 0 Å². The third-order valence-electron chi connectivity index (χ3n) is 2.99. The Balaban J connectivity index is 0.00000121. The summed E-state index contributed by atoms with van der Waals surface area (Å²) in [6.07, 6.45) is 3.52. The van der Waals surface area contributed by atoms with E-state index in [1.807, 2.05) is 0 Å². The normalized spacial score (nSPS) is 36.2. The van der Waals surface area contributed by atoms with Crippen molar-refractivity contribution in [2.45, 2.75) is 46.1 Å². The zero-order valence-corrected chi connectivity index (χ0v) is 10.5. The fourth-order valence-electron chi connectivity index (χ4n) is 2.15. The minimum atomic E-state index is -0.0289. The van der Waals surface area contributed by atoms with Gasteiger partial charge in [0, 0.05) is 0 Å². The summed E-state index contributed by atoms with van der Waals surface area (Å²) >= 11 is 0. The molecule has 0 aromatic heterocycles. The summed E-state index contributed by atoms with van der Waals surface area (Å²) in [6.45, 7) is 6.66. The summed E-state index contributed by atoms with van der Waals surface area (Å²) in [5, 5.41) is 9.71. The van der Waals surface area contributed by atoms with Crippen LogP contribution in [-0.4, -0.2) is 28.8 Å². The van der Waals surface area contributed by atoms with Crippen molar-refractivity contribution >= 4 is 17.6 Å². The number of aliphatic hydroxyl groups is 1. The van der Waals surface area contributed by atoms with Crippen molar-refractivity contribution in [1.29, 1.82) is 0 Å². The van der Waals surface area contributed by atoms with E-state index in [1.54, 1.807) is 0 Å². The summed E-state index contributed by atoms with van der Waals surface area (Å²) in [6, 6.07) is 0. The molecule has 0 heterocycles. The Morgan fingerprint density at radius 3 is 2.25 bits per heavy atom. The molecule has 1 saturated carbocycles. The molecule has 2 heteroatoms. The van der Waals surface area contributed by atoms with Crippen molar-refractivity contribution in [2.75, 3.05) is 0 Å². The van der Waals surface area contributed by atoms with Crippen LogP contribution in [0.5, 0.6) is 0 Å². The van der Waals surface area contributed by atoms with Crippen molar-refractivity contribution in [2.24, 2.45) is 17.8 Å². The molecule has 0 aromatic rings. The topological polar surface area (TPSA) is 20.2 Å². The van der Waals surface area contributed by atoms with Gasteiger partial charge in [-0.1, -0.05) is 27.2 Å². The van der Waals surface area contributed by atoms with Gasteiger partial charge in [-0.25, -0.2) is 0 Å².